The molecule has 5 aliphatic rings. The molecule has 7 rings (SSSR count). The highest BCUT2D eigenvalue weighted by Gasteiger charge is 2.57. The Bertz CT molecular complexity index is 1070. The third-order valence-corrected chi connectivity index (χ3v) is 9.05. The van der Waals surface area contributed by atoms with Gasteiger partial charge in [-0.25, -0.2) is 4.98 Å². The van der Waals surface area contributed by atoms with Crippen LogP contribution in [0.25, 0.3) is 0 Å². The van der Waals surface area contributed by atoms with E-state index in [1.807, 2.05) is 5.38 Å². The summed E-state index contributed by atoms with van der Waals surface area (Å²) in [4.78, 5) is 19.1. The lowest BCUT2D eigenvalue weighted by Gasteiger charge is -2.57. The van der Waals surface area contributed by atoms with Gasteiger partial charge < -0.3 is 5.32 Å². The van der Waals surface area contributed by atoms with E-state index >= 15 is 0 Å². The van der Waals surface area contributed by atoms with Crippen molar-refractivity contribution in [3.05, 3.63) is 52.0 Å². The number of benzene rings is 1. The van der Waals surface area contributed by atoms with E-state index in [4.69, 9.17) is 0 Å². The van der Waals surface area contributed by atoms with E-state index in [-0.39, 0.29) is 11.4 Å². The molecule has 1 unspecified atom stereocenters. The van der Waals surface area contributed by atoms with Crippen molar-refractivity contribution in [2.45, 2.75) is 69.7 Å². The number of carbonyl (C=O) groups excluding carboxylic acids is 1. The van der Waals surface area contributed by atoms with Crippen LogP contribution in [0.1, 0.15) is 68.0 Å². The number of aryl methyl sites for hydroxylation is 1. The summed E-state index contributed by atoms with van der Waals surface area (Å²) >= 11 is 1.52. The first-order valence-corrected chi connectivity index (χ1v) is 12.9. The summed E-state index contributed by atoms with van der Waals surface area (Å²) in [6.45, 7) is 4.14. The maximum Gasteiger partial charge on any atom is 0.243 e. The number of thiazole rings is 1. The Labute approximate surface area is 193 Å². The zero-order valence-electron chi connectivity index (χ0n) is 18.8. The lowest BCUT2D eigenvalue weighted by atomic mass is 9.52. The Morgan fingerprint density at radius 3 is 2.28 bits per heavy atom. The molecule has 1 atom stereocenters. The maximum atomic E-state index is 14.5. The second-order valence-corrected chi connectivity index (χ2v) is 11.3. The molecule has 1 aromatic carbocycles. The zero-order chi connectivity index (χ0) is 21.9. The van der Waals surface area contributed by atoms with Gasteiger partial charge in [0.2, 0.25) is 5.91 Å². The quantitative estimate of drug-likeness (QED) is 0.699. The van der Waals surface area contributed by atoms with E-state index in [1.54, 1.807) is 6.20 Å². The van der Waals surface area contributed by atoms with E-state index in [9.17, 15) is 4.79 Å². The average molecular weight is 447 g/mol. The van der Waals surface area contributed by atoms with Gasteiger partial charge in [0.05, 0.1) is 5.71 Å². The summed E-state index contributed by atoms with van der Waals surface area (Å²) < 4.78 is 0. The molecule has 1 amide bonds. The van der Waals surface area contributed by atoms with Gasteiger partial charge in [0.15, 0.2) is 5.41 Å². The molecule has 1 N–H and O–H groups in total. The number of nitrogens with one attached hydrogen (secondary N) is 1. The van der Waals surface area contributed by atoms with Crippen molar-refractivity contribution in [1.82, 2.24) is 10.3 Å². The molecule has 4 aliphatic carbocycles. The molecule has 1 aromatic heterocycles. The molecule has 6 heteroatoms. The fourth-order valence-electron chi connectivity index (χ4n) is 7.35. The van der Waals surface area contributed by atoms with Crippen molar-refractivity contribution in [2.24, 2.45) is 28.0 Å². The Morgan fingerprint density at radius 2 is 1.72 bits per heavy atom. The van der Waals surface area contributed by atoms with Crippen LogP contribution in [-0.4, -0.2) is 27.9 Å². The highest BCUT2D eigenvalue weighted by molar-refractivity contribution is 7.12. The minimum Gasteiger partial charge on any atom is -0.349 e. The van der Waals surface area contributed by atoms with Crippen LogP contribution < -0.4 is 5.32 Å². The van der Waals surface area contributed by atoms with Crippen LogP contribution in [0.4, 0.5) is 0 Å². The first-order valence-electron chi connectivity index (χ1n) is 12.0. The summed E-state index contributed by atoms with van der Waals surface area (Å²) in [6, 6.07) is 8.32. The lowest BCUT2D eigenvalue weighted by molar-refractivity contribution is -0.128. The minimum atomic E-state index is -1.01. The minimum absolute atomic E-state index is 0.0374. The van der Waals surface area contributed by atoms with Crippen LogP contribution in [0.15, 0.2) is 46.0 Å². The molecule has 0 saturated heterocycles. The number of hydrogen-bond donors (Lipinski definition) is 1. The monoisotopic (exact) mass is 446 g/mol. The molecule has 32 heavy (non-hydrogen) atoms. The normalized spacial score (nSPS) is 35.0. The smallest absolute Gasteiger partial charge is 0.243 e. The van der Waals surface area contributed by atoms with Crippen molar-refractivity contribution in [3.63, 3.8) is 0 Å². The van der Waals surface area contributed by atoms with Gasteiger partial charge in [-0.1, -0.05) is 36.8 Å². The Hall–Kier alpha value is -2.34. The predicted molar refractivity (Wildman–Crippen MR) is 128 cm³/mol. The standard InChI is InChI=1S/C26H30N4OS/c1-3-21-26(20-6-4-16(2)5-7-20,22(30-29-21)23-27-8-9-32-23)24(31)28-25-13-17-10-18(14-25)12-19(11-17)15-25/h4-9,17-19H,3,10-15H2,1-2H3,(H,28,31). The van der Waals surface area contributed by atoms with Gasteiger partial charge in [-0.05, 0) is 75.2 Å². The van der Waals surface area contributed by atoms with Crippen molar-refractivity contribution < 1.29 is 4.79 Å². The molecule has 166 valence electrons. The topological polar surface area (TPSA) is 66.7 Å². The molecule has 0 spiro atoms. The molecule has 2 aromatic rings. The third kappa shape index (κ3) is 2.95. The summed E-state index contributed by atoms with van der Waals surface area (Å²) in [6.07, 6.45) is 9.87. The molecule has 1 aliphatic heterocycles. The number of rotatable bonds is 5. The average Bonchev–Trinajstić information content (AvgIpc) is 3.41. The first kappa shape index (κ1) is 20.3. The second kappa shape index (κ2) is 7.34. The Morgan fingerprint density at radius 1 is 1.06 bits per heavy atom. The first-order chi connectivity index (χ1) is 15.5. The van der Waals surface area contributed by atoms with Gasteiger partial charge in [-0.3, -0.25) is 4.79 Å². The van der Waals surface area contributed by atoms with Crippen LogP contribution in [0.5, 0.6) is 0 Å². The van der Waals surface area contributed by atoms with Gasteiger partial charge in [-0.15, -0.1) is 11.3 Å². The van der Waals surface area contributed by atoms with E-state index in [0.29, 0.717) is 12.1 Å². The van der Waals surface area contributed by atoms with Gasteiger partial charge in [0.1, 0.15) is 10.7 Å². The summed E-state index contributed by atoms with van der Waals surface area (Å²) in [5, 5.41) is 15.5. The second-order valence-electron chi connectivity index (χ2n) is 10.5. The molecule has 5 nitrogen and oxygen atoms in total. The van der Waals surface area contributed by atoms with Gasteiger partial charge >= 0.3 is 0 Å². The summed E-state index contributed by atoms with van der Waals surface area (Å²) in [5.41, 5.74) is 2.52. The van der Waals surface area contributed by atoms with E-state index in [1.165, 1.54) is 36.2 Å². The Balaban J connectivity index is 1.46. The van der Waals surface area contributed by atoms with Gasteiger partial charge in [-0.2, -0.15) is 10.2 Å². The predicted octanol–water partition coefficient (Wildman–Crippen LogP) is 5.04. The number of aromatic nitrogens is 1. The molecule has 4 bridgehead atoms. The van der Waals surface area contributed by atoms with Gasteiger partial charge in [0.25, 0.3) is 0 Å². The van der Waals surface area contributed by atoms with Crippen LogP contribution in [0.2, 0.25) is 0 Å². The largest absolute Gasteiger partial charge is 0.349 e. The third-order valence-electron chi connectivity index (χ3n) is 8.27. The number of carbonyl (C=O) groups is 1. The van der Waals surface area contributed by atoms with Crippen molar-refractivity contribution in [3.8, 4) is 0 Å². The van der Waals surface area contributed by atoms with Crippen LogP contribution in [0, 0.1) is 24.7 Å². The highest BCUT2D eigenvalue weighted by Crippen LogP contribution is 2.56. The van der Waals surface area contributed by atoms with Crippen LogP contribution >= 0.6 is 11.3 Å². The lowest BCUT2D eigenvalue weighted by Crippen LogP contribution is -2.65. The summed E-state index contributed by atoms with van der Waals surface area (Å²) in [5.74, 6) is 2.35. The molecule has 0 radical (unpaired) electrons. The molecule has 2 heterocycles. The van der Waals surface area contributed by atoms with E-state index < -0.39 is 5.41 Å². The molecular weight excluding hydrogens is 416 g/mol. The maximum absolute atomic E-state index is 14.5. The highest BCUT2D eigenvalue weighted by atomic mass is 32.1. The van der Waals surface area contributed by atoms with Crippen molar-refractivity contribution in [1.29, 1.82) is 0 Å². The number of nitrogens with zero attached hydrogens (tertiary/aromatic N) is 3. The number of hydrogen-bond acceptors (Lipinski definition) is 5. The zero-order valence-corrected chi connectivity index (χ0v) is 19.6. The van der Waals surface area contributed by atoms with Crippen LogP contribution in [-0.2, 0) is 10.2 Å². The van der Waals surface area contributed by atoms with Gasteiger partial charge in [0, 0.05) is 17.1 Å². The Kier molecular flexibility index (Phi) is 4.65. The molecule has 4 fully saturated rings. The van der Waals surface area contributed by atoms with Crippen molar-refractivity contribution >= 4 is 28.7 Å². The van der Waals surface area contributed by atoms with E-state index in [2.05, 4.69) is 58.6 Å². The van der Waals surface area contributed by atoms with Crippen LogP contribution in [0.3, 0.4) is 0 Å². The fourth-order valence-corrected chi connectivity index (χ4v) is 8.03. The molecular formula is C26H30N4OS. The van der Waals surface area contributed by atoms with Crippen molar-refractivity contribution in [2.75, 3.05) is 0 Å². The summed E-state index contributed by atoms with van der Waals surface area (Å²) in [7, 11) is 0. The molecule has 4 saturated carbocycles. The fraction of sp³-hybridized carbons (Fsp3) is 0.538. The SMILES string of the molecule is CCC1=NN=C(c2nccs2)C1(C(=O)NC12CC3CC(CC(C3)C1)C2)c1ccc(C)cc1. The number of amides is 1. The van der Waals surface area contributed by atoms with E-state index in [0.717, 1.165) is 53.3 Å².